The topological polar surface area (TPSA) is 95.1 Å². The molecule has 0 aliphatic heterocycles. The van der Waals surface area contributed by atoms with Gasteiger partial charge in [-0.2, -0.15) is 13.2 Å². The molecule has 0 fully saturated rings. The Morgan fingerprint density at radius 2 is 1.97 bits per heavy atom. The zero-order chi connectivity index (χ0) is 22.8. The van der Waals surface area contributed by atoms with E-state index in [9.17, 15) is 18.0 Å². The van der Waals surface area contributed by atoms with Crippen molar-refractivity contribution in [2.75, 3.05) is 18.3 Å². The lowest BCUT2D eigenvalue weighted by Gasteiger charge is -2.14. The van der Waals surface area contributed by atoms with Crippen molar-refractivity contribution in [3.8, 4) is 17.1 Å². The molecule has 1 atom stereocenters. The second-order valence-corrected chi connectivity index (χ2v) is 8.03. The number of alkyl halides is 3. The number of ether oxygens (including phenoxy) is 1. The molecule has 0 aliphatic rings. The standard InChI is InChI=1S/C19H17ClF3N5O2S/c1-10(17(29)25-11-7-8-14(20)13(9-11)19(21,22)23)31-18-27-26-16(28(18)24)12-5-3-4-6-15(12)30-2/h3-10H,24H2,1-2H3,(H,25,29). The van der Waals surface area contributed by atoms with E-state index in [4.69, 9.17) is 22.2 Å². The predicted molar refractivity (Wildman–Crippen MR) is 113 cm³/mol. The molecule has 0 spiro atoms. The number of rotatable bonds is 6. The van der Waals surface area contributed by atoms with E-state index in [1.165, 1.54) is 17.9 Å². The molecule has 0 saturated heterocycles. The maximum absolute atomic E-state index is 13.0. The van der Waals surface area contributed by atoms with Crippen LogP contribution in [0.15, 0.2) is 47.6 Å². The molecule has 2 aromatic carbocycles. The van der Waals surface area contributed by atoms with Crippen molar-refractivity contribution in [2.24, 2.45) is 0 Å². The van der Waals surface area contributed by atoms with Gasteiger partial charge in [-0.3, -0.25) is 4.79 Å². The van der Waals surface area contributed by atoms with Gasteiger partial charge in [0.2, 0.25) is 11.1 Å². The number of nitrogens with one attached hydrogen (secondary N) is 1. The Morgan fingerprint density at radius 1 is 1.26 bits per heavy atom. The summed E-state index contributed by atoms with van der Waals surface area (Å²) in [5, 5.41) is 9.56. The quantitative estimate of drug-likeness (QED) is 0.407. The highest BCUT2D eigenvalue weighted by Crippen LogP contribution is 2.36. The molecule has 1 amide bonds. The Hall–Kier alpha value is -2.92. The van der Waals surface area contributed by atoms with Gasteiger partial charge in [0.25, 0.3) is 0 Å². The van der Waals surface area contributed by atoms with Gasteiger partial charge in [0.05, 0.1) is 28.5 Å². The van der Waals surface area contributed by atoms with Crippen molar-refractivity contribution in [1.29, 1.82) is 0 Å². The number of hydrogen-bond acceptors (Lipinski definition) is 6. The minimum atomic E-state index is -4.64. The first-order valence-electron chi connectivity index (χ1n) is 8.80. The smallest absolute Gasteiger partial charge is 0.417 e. The van der Waals surface area contributed by atoms with Gasteiger partial charge in [-0.1, -0.05) is 35.5 Å². The molecule has 164 valence electrons. The number of thioether (sulfide) groups is 1. The van der Waals surface area contributed by atoms with Crippen molar-refractivity contribution in [3.05, 3.63) is 53.1 Å². The zero-order valence-corrected chi connectivity index (χ0v) is 17.8. The normalized spacial score (nSPS) is 12.5. The van der Waals surface area contributed by atoms with E-state index in [1.807, 2.05) is 0 Å². The molecule has 0 aliphatic carbocycles. The average molecular weight is 472 g/mol. The summed E-state index contributed by atoms with van der Waals surface area (Å²) in [7, 11) is 1.51. The Morgan fingerprint density at radius 3 is 2.65 bits per heavy atom. The first kappa shape index (κ1) is 22.8. The van der Waals surface area contributed by atoms with Crippen LogP contribution >= 0.6 is 23.4 Å². The summed E-state index contributed by atoms with van der Waals surface area (Å²) in [5.41, 5.74) is -0.446. The molecule has 0 saturated carbocycles. The third-order valence-corrected chi connectivity index (χ3v) is 5.59. The maximum Gasteiger partial charge on any atom is 0.417 e. The molecule has 1 unspecified atom stereocenters. The number of benzene rings is 2. The highest BCUT2D eigenvalue weighted by molar-refractivity contribution is 8.00. The van der Waals surface area contributed by atoms with Crippen LogP contribution in [-0.2, 0) is 11.0 Å². The number of nitrogen functional groups attached to an aromatic ring is 1. The van der Waals surface area contributed by atoms with Gasteiger partial charge in [-0.15, -0.1) is 10.2 Å². The Balaban J connectivity index is 1.75. The van der Waals surface area contributed by atoms with E-state index in [0.717, 1.165) is 23.9 Å². The molecule has 7 nitrogen and oxygen atoms in total. The Labute approximate surface area is 184 Å². The number of halogens is 4. The fourth-order valence-electron chi connectivity index (χ4n) is 2.65. The Bertz CT molecular complexity index is 1110. The van der Waals surface area contributed by atoms with Crippen LogP contribution in [0.2, 0.25) is 5.02 Å². The van der Waals surface area contributed by atoms with Gasteiger partial charge in [0.15, 0.2) is 5.82 Å². The van der Waals surface area contributed by atoms with Crippen LogP contribution in [0.5, 0.6) is 5.75 Å². The number of hydrogen-bond donors (Lipinski definition) is 2. The van der Waals surface area contributed by atoms with Crippen molar-refractivity contribution in [2.45, 2.75) is 23.5 Å². The van der Waals surface area contributed by atoms with Crippen molar-refractivity contribution in [1.82, 2.24) is 14.9 Å². The molecular weight excluding hydrogens is 455 g/mol. The van der Waals surface area contributed by atoms with Crippen LogP contribution in [-0.4, -0.2) is 33.1 Å². The average Bonchev–Trinajstić information content (AvgIpc) is 3.08. The van der Waals surface area contributed by atoms with Crippen molar-refractivity contribution in [3.63, 3.8) is 0 Å². The van der Waals surface area contributed by atoms with E-state index in [-0.39, 0.29) is 10.8 Å². The molecular formula is C19H17ClF3N5O2S. The second kappa shape index (κ2) is 9.06. The van der Waals surface area contributed by atoms with Gasteiger partial charge in [0.1, 0.15) is 5.75 Å². The first-order chi connectivity index (χ1) is 14.6. The second-order valence-electron chi connectivity index (χ2n) is 6.32. The van der Waals surface area contributed by atoms with Gasteiger partial charge in [-0.05, 0) is 37.3 Å². The van der Waals surface area contributed by atoms with Gasteiger partial charge in [-0.25, -0.2) is 4.68 Å². The summed E-state index contributed by atoms with van der Waals surface area (Å²) in [5.74, 6) is 6.43. The number of aromatic nitrogens is 3. The molecule has 3 N–H and O–H groups in total. The van der Waals surface area contributed by atoms with Gasteiger partial charge >= 0.3 is 6.18 Å². The SMILES string of the molecule is COc1ccccc1-c1nnc(SC(C)C(=O)Nc2ccc(Cl)c(C(F)(F)F)c2)n1N. The summed E-state index contributed by atoms with van der Waals surface area (Å²) in [6, 6.07) is 10.2. The fraction of sp³-hybridized carbons (Fsp3) is 0.211. The summed E-state index contributed by atoms with van der Waals surface area (Å²) in [6.45, 7) is 1.57. The highest BCUT2D eigenvalue weighted by Gasteiger charge is 2.33. The monoisotopic (exact) mass is 471 g/mol. The summed E-state index contributed by atoms with van der Waals surface area (Å²) >= 11 is 6.60. The molecule has 31 heavy (non-hydrogen) atoms. The molecule has 3 aromatic rings. The van der Waals surface area contributed by atoms with Crippen LogP contribution in [0.25, 0.3) is 11.4 Å². The van der Waals surface area contributed by atoms with Crippen molar-refractivity contribution >= 4 is 35.0 Å². The zero-order valence-electron chi connectivity index (χ0n) is 16.3. The molecule has 12 heteroatoms. The largest absolute Gasteiger partial charge is 0.496 e. The van der Waals surface area contributed by atoms with E-state index < -0.39 is 27.9 Å². The first-order valence-corrected chi connectivity index (χ1v) is 10.1. The number of nitrogens with zero attached hydrogens (tertiary/aromatic N) is 3. The van der Waals surface area contributed by atoms with E-state index in [1.54, 1.807) is 31.2 Å². The highest BCUT2D eigenvalue weighted by atomic mass is 35.5. The van der Waals surface area contributed by atoms with Gasteiger partial charge < -0.3 is 15.9 Å². The maximum atomic E-state index is 13.0. The molecule has 0 bridgehead atoms. The van der Waals surface area contributed by atoms with Crippen LogP contribution < -0.4 is 15.9 Å². The molecule has 3 rings (SSSR count). The minimum Gasteiger partial charge on any atom is -0.496 e. The van der Waals surface area contributed by atoms with E-state index >= 15 is 0 Å². The lowest BCUT2D eigenvalue weighted by Crippen LogP contribution is -2.24. The van der Waals surface area contributed by atoms with Crippen LogP contribution in [0, 0.1) is 0 Å². The van der Waals surface area contributed by atoms with E-state index in [0.29, 0.717) is 17.1 Å². The fourth-order valence-corrected chi connectivity index (χ4v) is 3.64. The van der Waals surface area contributed by atoms with Crippen LogP contribution in [0.3, 0.4) is 0 Å². The third-order valence-electron chi connectivity index (χ3n) is 4.20. The number of carbonyl (C=O) groups is 1. The molecule has 1 aromatic heterocycles. The lowest BCUT2D eigenvalue weighted by atomic mass is 10.2. The van der Waals surface area contributed by atoms with Crippen molar-refractivity contribution < 1.29 is 22.7 Å². The third kappa shape index (κ3) is 5.05. The molecule has 1 heterocycles. The number of carbonyl (C=O) groups excluding carboxylic acids is 1. The van der Waals surface area contributed by atoms with E-state index in [2.05, 4.69) is 15.5 Å². The summed E-state index contributed by atoms with van der Waals surface area (Å²) in [4.78, 5) is 12.5. The van der Waals surface area contributed by atoms with Gasteiger partial charge in [0, 0.05) is 5.69 Å². The lowest BCUT2D eigenvalue weighted by molar-refractivity contribution is -0.137. The minimum absolute atomic E-state index is 0.0295. The number of para-hydroxylation sites is 1. The number of nitrogens with two attached hydrogens (primary N) is 1. The van der Waals surface area contributed by atoms with Crippen LogP contribution in [0.1, 0.15) is 12.5 Å². The van der Waals surface area contributed by atoms with Crippen LogP contribution in [0.4, 0.5) is 18.9 Å². The Kier molecular flexibility index (Phi) is 6.65. The molecule has 0 radical (unpaired) electrons. The summed E-state index contributed by atoms with van der Waals surface area (Å²) in [6.07, 6.45) is -4.64. The predicted octanol–water partition coefficient (Wildman–Crippen LogP) is 4.46. The number of anilines is 1. The summed E-state index contributed by atoms with van der Waals surface area (Å²) < 4.78 is 45.5. The number of amides is 1. The number of methoxy groups -OCH3 is 1.